The second-order valence-corrected chi connectivity index (χ2v) is 8.74. The van der Waals surface area contributed by atoms with E-state index in [1.54, 1.807) is 54.6 Å². The molecule has 30 heavy (non-hydrogen) atoms. The van der Waals surface area contributed by atoms with E-state index in [9.17, 15) is 13.2 Å². The molecule has 1 N–H and O–H groups in total. The number of benzene rings is 3. The Morgan fingerprint density at radius 1 is 0.933 bits per heavy atom. The minimum Gasteiger partial charge on any atom is -0.484 e. The van der Waals surface area contributed by atoms with E-state index >= 15 is 0 Å². The van der Waals surface area contributed by atoms with Crippen molar-refractivity contribution in [2.24, 2.45) is 0 Å². The van der Waals surface area contributed by atoms with Gasteiger partial charge in [-0.15, -0.1) is 0 Å². The van der Waals surface area contributed by atoms with Crippen LogP contribution in [0.1, 0.15) is 18.5 Å². The van der Waals surface area contributed by atoms with Crippen LogP contribution in [-0.4, -0.2) is 28.0 Å². The van der Waals surface area contributed by atoms with Crippen LogP contribution in [0.5, 0.6) is 5.75 Å². The number of carbonyl (C=O) groups is 1. The molecule has 0 spiro atoms. The Hall–Kier alpha value is -3.32. The molecular formula is C23H24N2O4S. The summed E-state index contributed by atoms with van der Waals surface area (Å²) in [6, 6.07) is 24.3. The van der Waals surface area contributed by atoms with Crippen molar-refractivity contribution in [3.8, 4) is 5.75 Å². The molecule has 156 valence electrons. The second-order valence-electron chi connectivity index (χ2n) is 6.77. The molecule has 0 aliphatic rings. The van der Waals surface area contributed by atoms with Crippen molar-refractivity contribution < 1.29 is 17.9 Å². The minimum absolute atomic E-state index is 0.124. The molecule has 0 heterocycles. The van der Waals surface area contributed by atoms with Gasteiger partial charge >= 0.3 is 0 Å². The number of nitrogens with one attached hydrogen (secondary N) is 1. The summed E-state index contributed by atoms with van der Waals surface area (Å²) in [4.78, 5) is 12.4. The van der Waals surface area contributed by atoms with E-state index in [1.165, 1.54) is 11.4 Å². The molecule has 0 radical (unpaired) electrons. The number of amides is 1. The lowest BCUT2D eigenvalue weighted by Crippen LogP contribution is -2.31. The average molecular weight is 425 g/mol. The molecule has 3 aromatic rings. The first-order valence-electron chi connectivity index (χ1n) is 9.49. The third kappa shape index (κ3) is 5.18. The van der Waals surface area contributed by atoms with Crippen LogP contribution in [-0.2, 0) is 14.8 Å². The van der Waals surface area contributed by atoms with E-state index in [2.05, 4.69) is 5.32 Å². The van der Waals surface area contributed by atoms with Gasteiger partial charge < -0.3 is 10.1 Å². The number of hydrogen-bond acceptors (Lipinski definition) is 4. The van der Waals surface area contributed by atoms with Gasteiger partial charge in [0.25, 0.3) is 15.9 Å². The third-order valence-electron chi connectivity index (χ3n) is 4.65. The highest BCUT2D eigenvalue weighted by Gasteiger charge is 2.20. The summed E-state index contributed by atoms with van der Waals surface area (Å²) in [5.41, 5.74) is 1.51. The van der Waals surface area contributed by atoms with E-state index in [1.807, 2.05) is 37.3 Å². The van der Waals surface area contributed by atoms with Gasteiger partial charge in [-0.3, -0.25) is 9.10 Å². The fraction of sp³-hybridized carbons (Fsp3) is 0.174. The van der Waals surface area contributed by atoms with Gasteiger partial charge in [0.1, 0.15) is 5.75 Å². The van der Waals surface area contributed by atoms with E-state index in [4.69, 9.17) is 4.74 Å². The van der Waals surface area contributed by atoms with Crippen LogP contribution in [0, 0.1) is 0 Å². The van der Waals surface area contributed by atoms with E-state index in [0.29, 0.717) is 11.4 Å². The van der Waals surface area contributed by atoms with E-state index < -0.39 is 10.0 Å². The third-order valence-corrected chi connectivity index (χ3v) is 6.45. The van der Waals surface area contributed by atoms with Gasteiger partial charge in [0.05, 0.1) is 16.6 Å². The maximum Gasteiger partial charge on any atom is 0.264 e. The Bertz CT molecular complexity index is 1070. The first-order chi connectivity index (χ1) is 14.4. The maximum absolute atomic E-state index is 12.7. The topological polar surface area (TPSA) is 75.7 Å². The quantitative estimate of drug-likeness (QED) is 0.597. The van der Waals surface area contributed by atoms with Gasteiger partial charge in [0, 0.05) is 7.05 Å². The van der Waals surface area contributed by atoms with Gasteiger partial charge in [-0.05, 0) is 48.9 Å². The highest BCUT2D eigenvalue weighted by molar-refractivity contribution is 7.92. The monoisotopic (exact) mass is 424 g/mol. The molecular weight excluding hydrogens is 400 g/mol. The zero-order valence-electron chi connectivity index (χ0n) is 16.9. The summed E-state index contributed by atoms with van der Waals surface area (Å²) >= 11 is 0. The molecule has 1 amide bonds. The fourth-order valence-electron chi connectivity index (χ4n) is 2.90. The summed E-state index contributed by atoms with van der Waals surface area (Å²) in [7, 11) is -2.15. The zero-order chi connectivity index (χ0) is 21.6. The summed E-state index contributed by atoms with van der Waals surface area (Å²) < 4.78 is 32.1. The first kappa shape index (κ1) is 21.4. The van der Waals surface area contributed by atoms with Gasteiger partial charge in [-0.1, -0.05) is 48.5 Å². The molecule has 1 atom stereocenters. The fourth-order valence-corrected chi connectivity index (χ4v) is 4.12. The highest BCUT2D eigenvalue weighted by Crippen LogP contribution is 2.24. The summed E-state index contributed by atoms with van der Waals surface area (Å²) in [6.07, 6.45) is 0. The Kier molecular flexibility index (Phi) is 6.74. The molecule has 0 aromatic heterocycles. The number of rotatable bonds is 8. The lowest BCUT2D eigenvalue weighted by molar-refractivity contribution is -0.123. The molecule has 7 heteroatoms. The average Bonchev–Trinajstić information content (AvgIpc) is 2.78. The van der Waals surface area contributed by atoms with Crippen LogP contribution in [0.2, 0.25) is 0 Å². The second kappa shape index (κ2) is 9.45. The Morgan fingerprint density at radius 3 is 2.10 bits per heavy atom. The molecule has 0 fully saturated rings. The predicted molar refractivity (Wildman–Crippen MR) is 117 cm³/mol. The van der Waals surface area contributed by atoms with Crippen molar-refractivity contribution in [1.29, 1.82) is 0 Å². The van der Waals surface area contributed by atoms with Crippen LogP contribution in [0.4, 0.5) is 5.69 Å². The summed E-state index contributed by atoms with van der Waals surface area (Å²) in [6.45, 7) is 1.78. The van der Waals surface area contributed by atoms with E-state index in [-0.39, 0.29) is 23.5 Å². The molecule has 0 unspecified atom stereocenters. The van der Waals surface area contributed by atoms with Crippen LogP contribution in [0.25, 0.3) is 0 Å². The predicted octanol–water partition coefficient (Wildman–Crippen LogP) is 3.77. The summed E-state index contributed by atoms with van der Waals surface area (Å²) in [5, 5.41) is 2.88. The van der Waals surface area contributed by atoms with Crippen molar-refractivity contribution in [3.63, 3.8) is 0 Å². The van der Waals surface area contributed by atoms with Gasteiger partial charge in [0.15, 0.2) is 6.61 Å². The summed E-state index contributed by atoms with van der Waals surface area (Å²) in [5.74, 6) is 0.242. The molecule has 0 aliphatic heterocycles. The highest BCUT2D eigenvalue weighted by atomic mass is 32.2. The van der Waals surface area contributed by atoms with Gasteiger partial charge in [-0.25, -0.2) is 8.42 Å². The number of anilines is 1. The standard InChI is InChI=1S/C23H24N2O4S/c1-18(19-9-5-3-6-10-19)24-23(26)17-29-21-15-13-20(14-16-21)25(2)30(27,28)22-11-7-4-8-12-22/h3-16,18H,17H2,1-2H3,(H,24,26)/t18-/m0/s1. The lowest BCUT2D eigenvalue weighted by Gasteiger charge is -2.20. The Morgan fingerprint density at radius 2 is 1.50 bits per heavy atom. The SMILES string of the molecule is C[C@H](NC(=O)COc1ccc(N(C)S(=O)(=O)c2ccccc2)cc1)c1ccccc1. The number of hydrogen-bond donors (Lipinski definition) is 1. The van der Waals surface area contributed by atoms with Gasteiger partial charge in [-0.2, -0.15) is 0 Å². The molecule has 0 saturated carbocycles. The van der Waals surface area contributed by atoms with E-state index in [0.717, 1.165) is 5.56 Å². The van der Waals surface area contributed by atoms with Crippen LogP contribution in [0.15, 0.2) is 89.8 Å². The Labute approximate surface area is 177 Å². The first-order valence-corrected chi connectivity index (χ1v) is 10.9. The number of nitrogens with zero attached hydrogens (tertiary/aromatic N) is 1. The molecule has 0 aliphatic carbocycles. The largest absolute Gasteiger partial charge is 0.484 e. The smallest absolute Gasteiger partial charge is 0.264 e. The van der Waals surface area contributed by atoms with Crippen molar-refractivity contribution in [2.45, 2.75) is 17.9 Å². The number of sulfonamides is 1. The number of ether oxygens (including phenoxy) is 1. The van der Waals surface area contributed by atoms with Crippen LogP contribution < -0.4 is 14.4 Å². The molecule has 3 aromatic carbocycles. The maximum atomic E-state index is 12.7. The molecule has 6 nitrogen and oxygen atoms in total. The van der Waals surface area contributed by atoms with Crippen molar-refractivity contribution >= 4 is 21.6 Å². The Balaban J connectivity index is 1.57. The van der Waals surface area contributed by atoms with Crippen molar-refractivity contribution in [1.82, 2.24) is 5.32 Å². The van der Waals surface area contributed by atoms with Crippen molar-refractivity contribution in [2.75, 3.05) is 18.0 Å². The molecule has 3 rings (SSSR count). The van der Waals surface area contributed by atoms with Crippen LogP contribution in [0.3, 0.4) is 0 Å². The zero-order valence-corrected chi connectivity index (χ0v) is 17.7. The normalized spacial score (nSPS) is 12.1. The van der Waals surface area contributed by atoms with Crippen LogP contribution >= 0.6 is 0 Å². The van der Waals surface area contributed by atoms with Gasteiger partial charge in [0.2, 0.25) is 0 Å². The number of carbonyl (C=O) groups excluding carboxylic acids is 1. The lowest BCUT2D eigenvalue weighted by atomic mass is 10.1. The molecule has 0 saturated heterocycles. The molecule has 0 bridgehead atoms. The minimum atomic E-state index is -3.64. The van der Waals surface area contributed by atoms with Crippen molar-refractivity contribution in [3.05, 3.63) is 90.5 Å².